The molecule has 0 spiro atoms. The largest absolute Gasteiger partial charge is 0.329 e. The lowest BCUT2D eigenvalue weighted by Crippen LogP contribution is -2.46. The first-order valence-corrected chi connectivity index (χ1v) is 9.13. The highest BCUT2D eigenvalue weighted by Gasteiger charge is 2.40. The number of rotatable bonds is 3. The van der Waals surface area contributed by atoms with Gasteiger partial charge in [0.15, 0.2) is 0 Å². The molecule has 0 bridgehead atoms. The van der Waals surface area contributed by atoms with Gasteiger partial charge in [-0.2, -0.15) is 5.10 Å². The van der Waals surface area contributed by atoms with Crippen molar-refractivity contribution < 1.29 is 13.6 Å². The highest BCUT2D eigenvalue weighted by atomic mass is 19.3. The van der Waals surface area contributed by atoms with E-state index in [2.05, 4.69) is 5.10 Å². The molecule has 1 saturated heterocycles. The van der Waals surface area contributed by atoms with E-state index in [0.717, 1.165) is 43.5 Å². The van der Waals surface area contributed by atoms with E-state index in [1.54, 1.807) is 6.20 Å². The fraction of sp³-hybridized carbons (Fsp3) is 0.667. The second kappa shape index (κ2) is 6.52. The molecule has 1 amide bonds. The Kier molecular flexibility index (Phi) is 4.35. The number of likely N-dealkylation sites (tertiary alicyclic amines) is 1. The molecule has 4 rings (SSSR count). The van der Waals surface area contributed by atoms with Gasteiger partial charge in [-0.15, -0.1) is 0 Å². The maximum atomic E-state index is 13.6. The molecule has 2 aliphatic heterocycles. The van der Waals surface area contributed by atoms with Crippen LogP contribution >= 0.6 is 0 Å². The van der Waals surface area contributed by atoms with E-state index in [1.807, 2.05) is 26.6 Å². The standard InChI is InChI=1S/C18H24F2N4O/c19-18(20)7-10-22(13-18)11-15-6-9-24-16(5-8-21-24)12-23(15)17(25)14-3-1-2-4-14/h3,5,8,15H,1-2,4,6-7,9-13H2/t15-/m0/s1. The molecule has 0 unspecified atom stereocenters. The zero-order valence-corrected chi connectivity index (χ0v) is 14.3. The average molecular weight is 350 g/mol. The zero-order chi connectivity index (χ0) is 17.4. The molecule has 1 fully saturated rings. The fourth-order valence-corrected chi connectivity index (χ4v) is 4.16. The Labute approximate surface area is 146 Å². The van der Waals surface area contributed by atoms with Gasteiger partial charge in [-0.3, -0.25) is 14.4 Å². The van der Waals surface area contributed by atoms with Gasteiger partial charge in [0, 0.05) is 43.9 Å². The van der Waals surface area contributed by atoms with Crippen LogP contribution in [-0.2, 0) is 17.9 Å². The Hall–Kier alpha value is -1.76. The van der Waals surface area contributed by atoms with Gasteiger partial charge in [-0.25, -0.2) is 8.78 Å². The van der Waals surface area contributed by atoms with Crippen LogP contribution in [0.5, 0.6) is 0 Å². The van der Waals surface area contributed by atoms with Crippen LogP contribution in [0.1, 0.15) is 37.8 Å². The zero-order valence-electron chi connectivity index (χ0n) is 14.3. The Balaban J connectivity index is 1.54. The Morgan fingerprint density at radius 3 is 2.96 bits per heavy atom. The van der Waals surface area contributed by atoms with E-state index < -0.39 is 5.92 Å². The number of fused-ring (bicyclic) bond motifs is 1. The lowest BCUT2D eigenvalue weighted by atomic mass is 10.1. The molecule has 0 saturated carbocycles. The number of alkyl halides is 2. The summed E-state index contributed by atoms with van der Waals surface area (Å²) < 4.78 is 29.0. The van der Waals surface area contributed by atoms with E-state index in [0.29, 0.717) is 19.6 Å². The van der Waals surface area contributed by atoms with Crippen LogP contribution in [0.4, 0.5) is 8.78 Å². The van der Waals surface area contributed by atoms with Gasteiger partial charge in [0.25, 0.3) is 5.92 Å². The minimum atomic E-state index is -2.60. The van der Waals surface area contributed by atoms with E-state index in [9.17, 15) is 13.6 Å². The van der Waals surface area contributed by atoms with Gasteiger partial charge >= 0.3 is 0 Å². The molecule has 1 aromatic heterocycles. The van der Waals surface area contributed by atoms with Crippen molar-refractivity contribution in [3.8, 4) is 0 Å². The lowest BCUT2D eigenvalue weighted by Gasteiger charge is -2.33. The number of nitrogens with zero attached hydrogens (tertiary/aromatic N) is 4. The molecular formula is C18H24F2N4O. The lowest BCUT2D eigenvalue weighted by molar-refractivity contribution is -0.130. The molecule has 136 valence electrons. The van der Waals surface area contributed by atoms with Gasteiger partial charge in [0.05, 0.1) is 18.8 Å². The Morgan fingerprint density at radius 1 is 1.36 bits per heavy atom. The normalized spacial score (nSPS) is 26.4. The number of aryl methyl sites for hydroxylation is 1. The monoisotopic (exact) mass is 350 g/mol. The van der Waals surface area contributed by atoms with Crippen LogP contribution in [0.15, 0.2) is 23.9 Å². The predicted molar refractivity (Wildman–Crippen MR) is 89.1 cm³/mol. The molecular weight excluding hydrogens is 326 g/mol. The summed E-state index contributed by atoms with van der Waals surface area (Å²) in [6, 6.07) is 1.89. The first kappa shape index (κ1) is 16.7. The van der Waals surface area contributed by atoms with Gasteiger partial charge in [-0.05, 0) is 31.7 Å². The molecule has 1 aromatic rings. The summed E-state index contributed by atoms with van der Waals surface area (Å²) in [6.45, 7) is 1.95. The Bertz CT molecular complexity index is 684. The minimum absolute atomic E-state index is 0.0513. The van der Waals surface area contributed by atoms with Crippen LogP contribution in [0.3, 0.4) is 0 Å². The molecule has 1 aliphatic carbocycles. The van der Waals surface area contributed by atoms with Crippen molar-refractivity contribution in [2.24, 2.45) is 0 Å². The summed E-state index contributed by atoms with van der Waals surface area (Å²) in [5.74, 6) is -2.52. The number of allylic oxidation sites excluding steroid dienone is 1. The number of aromatic nitrogens is 2. The second-order valence-electron chi connectivity index (χ2n) is 7.38. The third-order valence-corrected chi connectivity index (χ3v) is 5.55. The topological polar surface area (TPSA) is 41.4 Å². The summed E-state index contributed by atoms with van der Waals surface area (Å²) in [5.41, 5.74) is 1.89. The SMILES string of the molecule is O=C(C1=CCCC1)N1Cc2ccnn2CC[C@H]1CN1CCC(F)(F)C1. The molecule has 3 heterocycles. The third-order valence-electron chi connectivity index (χ3n) is 5.55. The highest BCUT2D eigenvalue weighted by Crippen LogP contribution is 2.29. The van der Waals surface area contributed by atoms with E-state index in [4.69, 9.17) is 0 Å². The van der Waals surface area contributed by atoms with Crippen molar-refractivity contribution in [2.45, 2.75) is 57.2 Å². The average Bonchev–Trinajstić information content (AvgIpc) is 3.29. The van der Waals surface area contributed by atoms with Gasteiger partial charge in [0.1, 0.15) is 0 Å². The number of hydrogen-bond donors (Lipinski definition) is 0. The molecule has 5 nitrogen and oxygen atoms in total. The first-order chi connectivity index (χ1) is 12.0. The smallest absolute Gasteiger partial charge is 0.261 e. The van der Waals surface area contributed by atoms with Crippen molar-refractivity contribution in [2.75, 3.05) is 19.6 Å². The Morgan fingerprint density at radius 2 is 2.24 bits per heavy atom. The van der Waals surface area contributed by atoms with Crippen molar-refractivity contribution in [1.29, 1.82) is 0 Å². The van der Waals surface area contributed by atoms with E-state index in [-0.39, 0.29) is 24.9 Å². The number of hydrogen-bond acceptors (Lipinski definition) is 3. The third kappa shape index (κ3) is 3.47. The van der Waals surface area contributed by atoms with Gasteiger partial charge in [0.2, 0.25) is 5.91 Å². The maximum Gasteiger partial charge on any atom is 0.261 e. The maximum absolute atomic E-state index is 13.6. The molecule has 3 aliphatic rings. The van der Waals surface area contributed by atoms with Gasteiger partial charge < -0.3 is 4.90 Å². The quantitative estimate of drug-likeness (QED) is 0.841. The highest BCUT2D eigenvalue weighted by molar-refractivity contribution is 5.94. The second-order valence-corrected chi connectivity index (χ2v) is 7.38. The van der Waals surface area contributed by atoms with Crippen LogP contribution in [0.25, 0.3) is 0 Å². The van der Waals surface area contributed by atoms with Crippen molar-refractivity contribution in [1.82, 2.24) is 19.6 Å². The molecule has 0 N–H and O–H groups in total. The number of carbonyl (C=O) groups is 1. The summed E-state index contributed by atoms with van der Waals surface area (Å²) >= 11 is 0. The number of halogens is 2. The molecule has 25 heavy (non-hydrogen) atoms. The van der Waals surface area contributed by atoms with Crippen molar-refractivity contribution in [3.05, 3.63) is 29.6 Å². The summed E-state index contributed by atoms with van der Waals surface area (Å²) in [5, 5.41) is 4.33. The summed E-state index contributed by atoms with van der Waals surface area (Å²) in [4.78, 5) is 16.8. The van der Waals surface area contributed by atoms with Crippen molar-refractivity contribution >= 4 is 5.91 Å². The van der Waals surface area contributed by atoms with Crippen LogP contribution < -0.4 is 0 Å². The summed E-state index contributed by atoms with van der Waals surface area (Å²) in [6.07, 6.45) is 7.25. The number of carbonyl (C=O) groups excluding carboxylic acids is 1. The van der Waals surface area contributed by atoms with E-state index >= 15 is 0 Å². The van der Waals surface area contributed by atoms with Crippen LogP contribution in [0, 0.1) is 0 Å². The van der Waals surface area contributed by atoms with Gasteiger partial charge in [-0.1, -0.05) is 6.08 Å². The van der Waals surface area contributed by atoms with Crippen LogP contribution in [-0.4, -0.2) is 57.1 Å². The molecule has 1 atom stereocenters. The summed E-state index contributed by atoms with van der Waals surface area (Å²) in [7, 11) is 0. The van der Waals surface area contributed by atoms with Crippen molar-refractivity contribution in [3.63, 3.8) is 0 Å². The van der Waals surface area contributed by atoms with Crippen LogP contribution in [0.2, 0.25) is 0 Å². The molecule has 0 aromatic carbocycles. The molecule has 7 heteroatoms. The number of amides is 1. The first-order valence-electron chi connectivity index (χ1n) is 9.13. The predicted octanol–water partition coefficient (Wildman–Crippen LogP) is 2.44. The molecule has 0 radical (unpaired) electrons. The van der Waals surface area contributed by atoms with E-state index in [1.165, 1.54) is 0 Å². The minimum Gasteiger partial charge on any atom is -0.329 e. The fourth-order valence-electron chi connectivity index (χ4n) is 4.16.